The minimum Gasteiger partial charge on any atom is -0.350 e. The number of nitrogens with one attached hydrogen (secondary N) is 1. The van der Waals surface area contributed by atoms with E-state index in [1.807, 2.05) is 55.5 Å². The largest absolute Gasteiger partial charge is 0.350 e. The van der Waals surface area contributed by atoms with Crippen molar-refractivity contribution in [1.29, 1.82) is 0 Å². The molecule has 1 fully saturated rings. The number of benzene rings is 2. The maximum Gasteiger partial charge on any atom is 0.261 e. The molecule has 0 radical (unpaired) electrons. The number of fused-ring (bicyclic) bond motifs is 1. The molecule has 0 aliphatic heterocycles. The molecule has 0 saturated heterocycles. The number of aromatic nitrogens is 2. The molecule has 1 atom stereocenters. The lowest BCUT2D eigenvalue weighted by Gasteiger charge is -2.16. The molecule has 2 aromatic carbocycles. The molecule has 1 amide bonds. The van der Waals surface area contributed by atoms with Crippen LogP contribution >= 0.6 is 11.6 Å². The highest BCUT2D eigenvalue weighted by Gasteiger charge is 2.28. The van der Waals surface area contributed by atoms with Gasteiger partial charge in [0.05, 0.1) is 16.9 Å². The van der Waals surface area contributed by atoms with Crippen LogP contribution in [0.15, 0.2) is 53.3 Å². The predicted octanol–water partition coefficient (Wildman–Crippen LogP) is 4.19. The Kier molecular flexibility index (Phi) is 5.18. The standard InChI is InChI=1S/C22H22ClN3O2/c1-14(16-6-2-4-8-18(16)23)24-21(27)13-12-20-25-19-9-5-3-7-17(19)22(28)26(20)15-10-11-15/h2-9,14-15H,10-13H2,1H3,(H,24,27). The van der Waals surface area contributed by atoms with E-state index < -0.39 is 0 Å². The van der Waals surface area contributed by atoms with E-state index in [0.717, 1.165) is 18.4 Å². The first kappa shape index (κ1) is 18.7. The van der Waals surface area contributed by atoms with E-state index in [0.29, 0.717) is 28.2 Å². The SMILES string of the molecule is CC(NC(=O)CCc1nc2ccccc2c(=O)n1C1CC1)c1ccccc1Cl. The highest BCUT2D eigenvalue weighted by molar-refractivity contribution is 6.31. The van der Waals surface area contributed by atoms with Crippen LogP contribution in [0.5, 0.6) is 0 Å². The molecule has 144 valence electrons. The third-order valence-electron chi connectivity index (χ3n) is 5.12. The summed E-state index contributed by atoms with van der Waals surface area (Å²) in [7, 11) is 0. The number of para-hydroxylation sites is 1. The van der Waals surface area contributed by atoms with Gasteiger partial charge in [0.1, 0.15) is 5.82 Å². The van der Waals surface area contributed by atoms with Crippen LogP contribution in [-0.2, 0) is 11.2 Å². The second kappa shape index (κ2) is 7.76. The first-order chi connectivity index (χ1) is 13.5. The second-order valence-electron chi connectivity index (χ2n) is 7.26. The topological polar surface area (TPSA) is 64.0 Å². The molecule has 1 saturated carbocycles. The smallest absolute Gasteiger partial charge is 0.261 e. The predicted molar refractivity (Wildman–Crippen MR) is 111 cm³/mol. The lowest BCUT2D eigenvalue weighted by Crippen LogP contribution is -2.29. The number of halogens is 1. The summed E-state index contributed by atoms with van der Waals surface area (Å²) in [5.41, 5.74) is 1.56. The fraction of sp³-hybridized carbons (Fsp3) is 0.318. The number of hydrogen-bond donors (Lipinski definition) is 1. The van der Waals surface area contributed by atoms with Crippen molar-refractivity contribution in [3.63, 3.8) is 0 Å². The summed E-state index contributed by atoms with van der Waals surface area (Å²) in [6.45, 7) is 1.91. The van der Waals surface area contributed by atoms with Crippen LogP contribution in [0.2, 0.25) is 5.02 Å². The van der Waals surface area contributed by atoms with Crippen molar-refractivity contribution in [1.82, 2.24) is 14.9 Å². The Hall–Kier alpha value is -2.66. The molecular weight excluding hydrogens is 374 g/mol. The minimum atomic E-state index is -0.184. The van der Waals surface area contributed by atoms with E-state index in [4.69, 9.17) is 11.6 Å². The first-order valence-electron chi connectivity index (χ1n) is 9.58. The van der Waals surface area contributed by atoms with Gasteiger partial charge in [0, 0.05) is 23.9 Å². The van der Waals surface area contributed by atoms with Crippen molar-refractivity contribution >= 4 is 28.4 Å². The number of nitrogens with zero attached hydrogens (tertiary/aromatic N) is 2. The quantitative estimate of drug-likeness (QED) is 0.680. The molecule has 1 aromatic heterocycles. The van der Waals surface area contributed by atoms with Gasteiger partial charge in [0.2, 0.25) is 5.91 Å². The Bertz CT molecular complexity index is 1090. The highest BCUT2D eigenvalue weighted by atomic mass is 35.5. The molecule has 3 aromatic rings. The van der Waals surface area contributed by atoms with Crippen LogP contribution < -0.4 is 10.9 Å². The van der Waals surface area contributed by atoms with Gasteiger partial charge < -0.3 is 5.32 Å². The number of hydrogen-bond acceptors (Lipinski definition) is 3. The van der Waals surface area contributed by atoms with E-state index in [2.05, 4.69) is 10.3 Å². The van der Waals surface area contributed by atoms with Gasteiger partial charge in [0.15, 0.2) is 0 Å². The lowest BCUT2D eigenvalue weighted by molar-refractivity contribution is -0.121. The number of carbonyl (C=O) groups excluding carboxylic acids is 1. The zero-order chi connectivity index (χ0) is 19.7. The zero-order valence-corrected chi connectivity index (χ0v) is 16.4. The van der Waals surface area contributed by atoms with Crippen LogP contribution in [-0.4, -0.2) is 15.5 Å². The van der Waals surface area contributed by atoms with Crippen molar-refractivity contribution in [2.45, 2.75) is 44.7 Å². The zero-order valence-electron chi connectivity index (χ0n) is 15.7. The van der Waals surface area contributed by atoms with Crippen molar-refractivity contribution in [3.05, 3.63) is 75.3 Å². The summed E-state index contributed by atoms with van der Waals surface area (Å²) in [6, 6.07) is 14.9. The van der Waals surface area contributed by atoms with Crippen molar-refractivity contribution in [3.8, 4) is 0 Å². The molecule has 4 rings (SSSR count). The molecule has 0 spiro atoms. The molecule has 28 heavy (non-hydrogen) atoms. The normalized spacial score (nSPS) is 14.8. The molecule has 1 aliphatic rings. The second-order valence-corrected chi connectivity index (χ2v) is 7.67. The molecule has 1 heterocycles. The van der Waals surface area contributed by atoms with Crippen molar-refractivity contribution < 1.29 is 4.79 Å². The van der Waals surface area contributed by atoms with E-state index in [1.54, 1.807) is 4.57 Å². The Morgan fingerprint density at radius 1 is 1.21 bits per heavy atom. The molecule has 1 aliphatic carbocycles. The van der Waals surface area contributed by atoms with Crippen LogP contribution in [0.1, 0.15) is 49.7 Å². The van der Waals surface area contributed by atoms with Crippen LogP contribution in [0.25, 0.3) is 10.9 Å². The molecular formula is C22H22ClN3O2. The van der Waals surface area contributed by atoms with Crippen molar-refractivity contribution in [2.24, 2.45) is 0 Å². The van der Waals surface area contributed by atoms with Gasteiger partial charge in [-0.05, 0) is 43.5 Å². The summed E-state index contributed by atoms with van der Waals surface area (Å²) in [5, 5.41) is 4.25. The molecule has 0 bridgehead atoms. The summed E-state index contributed by atoms with van der Waals surface area (Å²) in [5.74, 6) is 0.601. The third kappa shape index (κ3) is 3.80. The molecule has 5 nitrogen and oxygen atoms in total. The molecule has 1 N–H and O–H groups in total. The van der Waals surface area contributed by atoms with E-state index in [1.165, 1.54) is 0 Å². The van der Waals surface area contributed by atoms with Gasteiger partial charge in [-0.1, -0.05) is 41.9 Å². The van der Waals surface area contributed by atoms with Crippen molar-refractivity contribution in [2.75, 3.05) is 0 Å². The fourth-order valence-corrected chi connectivity index (χ4v) is 3.82. The van der Waals surface area contributed by atoms with E-state index in [9.17, 15) is 9.59 Å². The first-order valence-corrected chi connectivity index (χ1v) is 9.96. The van der Waals surface area contributed by atoms with Gasteiger partial charge in [-0.3, -0.25) is 14.2 Å². The number of amides is 1. The monoisotopic (exact) mass is 395 g/mol. The van der Waals surface area contributed by atoms with Gasteiger partial charge >= 0.3 is 0 Å². The highest BCUT2D eigenvalue weighted by Crippen LogP contribution is 2.35. The molecule has 6 heteroatoms. The summed E-state index contributed by atoms with van der Waals surface area (Å²) in [6.07, 6.45) is 2.68. The molecule has 1 unspecified atom stereocenters. The Labute approximate surface area is 168 Å². The minimum absolute atomic E-state index is 0.00653. The third-order valence-corrected chi connectivity index (χ3v) is 5.46. The van der Waals surface area contributed by atoms with E-state index >= 15 is 0 Å². The summed E-state index contributed by atoms with van der Waals surface area (Å²) >= 11 is 6.21. The lowest BCUT2D eigenvalue weighted by atomic mass is 10.1. The fourth-order valence-electron chi connectivity index (χ4n) is 3.52. The number of aryl methyl sites for hydroxylation is 1. The summed E-state index contributed by atoms with van der Waals surface area (Å²) in [4.78, 5) is 30.1. The van der Waals surface area contributed by atoms with Crippen LogP contribution in [0.4, 0.5) is 0 Å². The average Bonchev–Trinajstić information content (AvgIpc) is 3.51. The summed E-state index contributed by atoms with van der Waals surface area (Å²) < 4.78 is 1.78. The maximum absolute atomic E-state index is 12.9. The number of rotatable bonds is 6. The van der Waals surface area contributed by atoms with Gasteiger partial charge in [-0.15, -0.1) is 0 Å². The Balaban J connectivity index is 1.51. The van der Waals surface area contributed by atoms with Gasteiger partial charge in [0.25, 0.3) is 5.56 Å². The van der Waals surface area contributed by atoms with Gasteiger partial charge in [-0.25, -0.2) is 4.98 Å². The average molecular weight is 396 g/mol. The van der Waals surface area contributed by atoms with Gasteiger partial charge in [-0.2, -0.15) is 0 Å². The Morgan fingerprint density at radius 3 is 2.68 bits per heavy atom. The number of carbonyl (C=O) groups is 1. The van der Waals surface area contributed by atoms with Crippen LogP contribution in [0, 0.1) is 0 Å². The maximum atomic E-state index is 12.9. The Morgan fingerprint density at radius 2 is 1.93 bits per heavy atom. The van der Waals surface area contributed by atoms with E-state index in [-0.39, 0.29) is 30.0 Å². The van der Waals surface area contributed by atoms with Crippen LogP contribution in [0.3, 0.4) is 0 Å².